The van der Waals surface area contributed by atoms with E-state index in [4.69, 9.17) is 5.11 Å². The van der Waals surface area contributed by atoms with Crippen LogP contribution in [0.2, 0.25) is 0 Å². The quantitative estimate of drug-likeness (QED) is 0.473. The molecular formula is C9H13N3O2. The van der Waals surface area contributed by atoms with Gasteiger partial charge in [0.05, 0.1) is 18.5 Å². The molecule has 0 aliphatic carbocycles. The third-order valence-electron chi connectivity index (χ3n) is 1.85. The molecule has 0 spiro atoms. The van der Waals surface area contributed by atoms with Gasteiger partial charge in [-0.2, -0.15) is 5.10 Å². The Kier molecular flexibility index (Phi) is 3.41. The third kappa shape index (κ3) is 2.00. The molecule has 0 aromatic carbocycles. The number of nitrogens with zero attached hydrogens (tertiary/aromatic N) is 2. The molecule has 1 heterocycles. The molecule has 0 fully saturated rings. The van der Waals surface area contributed by atoms with Crippen LogP contribution in [0, 0.1) is 6.92 Å². The summed E-state index contributed by atoms with van der Waals surface area (Å²) in [5, 5.41) is 22.4. The van der Waals surface area contributed by atoms with Crippen molar-refractivity contribution in [1.29, 1.82) is 0 Å². The standard InChI is InChI=1S/C9H13N3O2/c1-6-9(14)8(4-12-10-2)7(5-13)3-11-6/h3-4,10,13-14H,5H2,1-2H3/b12-4+. The number of aryl methyl sites for hydroxylation is 1. The third-order valence-corrected chi connectivity index (χ3v) is 1.85. The highest BCUT2D eigenvalue weighted by atomic mass is 16.3. The molecule has 0 amide bonds. The first-order valence-corrected chi connectivity index (χ1v) is 4.18. The summed E-state index contributed by atoms with van der Waals surface area (Å²) < 4.78 is 0. The van der Waals surface area contributed by atoms with Crippen molar-refractivity contribution in [1.82, 2.24) is 10.4 Å². The van der Waals surface area contributed by atoms with Crippen molar-refractivity contribution in [2.75, 3.05) is 7.05 Å². The maximum Gasteiger partial charge on any atom is 0.145 e. The largest absolute Gasteiger partial charge is 0.505 e. The van der Waals surface area contributed by atoms with Gasteiger partial charge in [0.1, 0.15) is 5.75 Å². The van der Waals surface area contributed by atoms with E-state index in [1.807, 2.05) is 0 Å². The Morgan fingerprint density at radius 3 is 2.93 bits per heavy atom. The lowest BCUT2D eigenvalue weighted by Gasteiger charge is -2.06. The van der Waals surface area contributed by atoms with Crippen LogP contribution in [-0.4, -0.2) is 28.5 Å². The van der Waals surface area contributed by atoms with Crippen molar-refractivity contribution >= 4 is 6.21 Å². The minimum Gasteiger partial charge on any atom is -0.505 e. The van der Waals surface area contributed by atoms with E-state index in [0.717, 1.165) is 0 Å². The summed E-state index contributed by atoms with van der Waals surface area (Å²) in [5.41, 5.74) is 4.13. The van der Waals surface area contributed by atoms with Gasteiger partial charge in [0.25, 0.3) is 0 Å². The minimum atomic E-state index is -0.175. The van der Waals surface area contributed by atoms with Crippen LogP contribution in [-0.2, 0) is 6.61 Å². The molecule has 0 radical (unpaired) electrons. The topological polar surface area (TPSA) is 77.7 Å². The van der Waals surface area contributed by atoms with E-state index in [1.54, 1.807) is 14.0 Å². The molecule has 0 atom stereocenters. The van der Waals surface area contributed by atoms with Gasteiger partial charge in [-0.25, -0.2) is 0 Å². The van der Waals surface area contributed by atoms with E-state index >= 15 is 0 Å². The van der Waals surface area contributed by atoms with Gasteiger partial charge >= 0.3 is 0 Å². The molecule has 14 heavy (non-hydrogen) atoms. The predicted octanol–water partition coefficient (Wildman–Crippen LogP) is 0.141. The zero-order valence-corrected chi connectivity index (χ0v) is 8.15. The van der Waals surface area contributed by atoms with Crippen molar-refractivity contribution in [3.63, 3.8) is 0 Å². The molecule has 0 aliphatic rings. The number of nitrogens with one attached hydrogen (secondary N) is 1. The Balaban J connectivity index is 3.21. The van der Waals surface area contributed by atoms with Crippen LogP contribution in [0.1, 0.15) is 16.8 Å². The first kappa shape index (κ1) is 10.5. The summed E-state index contributed by atoms with van der Waals surface area (Å²) in [7, 11) is 1.65. The fourth-order valence-corrected chi connectivity index (χ4v) is 1.05. The zero-order valence-electron chi connectivity index (χ0n) is 8.15. The molecule has 5 nitrogen and oxygen atoms in total. The highest BCUT2D eigenvalue weighted by Crippen LogP contribution is 2.21. The van der Waals surface area contributed by atoms with Crippen molar-refractivity contribution in [3.05, 3.63) is 23.0 Å². The summed E-state index contributed by atoms with van der Waals surface area (Å²) in [4.78, 5) is 3.93. The second-order valence-electron chi connectivity index (χ2n) is 2.77. The van der Waals surface area contributed by atoms with Crippen LogP contribution in [0.3, 0.4) is 0 Å². The fourth-order valence-electron chi connectivity index (χ4n) is 1.05. The van der Waals surface area contributed by atoms with E-state index in [0.29, 0.717) is 16.8 Å². The number of aliphatic hydroxyl groups is 1. The molecule has 1 aromatic rings. The van der Waals surface area contributed by atoms with Gasteiger partial charge in [-0.15, -0.1) is 0 Å². The first-order valence-electron chi connectivity index (χ1n) is 4.18. The molecule has 0 aliphatic heterocycles. The summed E-state index contributed by atoms with van der Waals surface area (Å²) >= 11 is 0. The van der Waals surface area contributed by atoms with Gasteiger partial charge < -0.3 is 15.6 Å². The summed E-state index contributed by atoms with van der Waals surface area (Å²) in [5.74, 6) is 0.0514. The summed E-state index contributed by atoms with van der Waals surface area (Å²) in [6.07, 6.45) is 2.97. The molecule has 76 valence electrons. The van der Waals surface area contributed by atoms with Gasteiger partial charge in [-0.3, -0.25) is 4.98 Å². The number of hydrogen-bond acceptors (Lipinski definition) is 5. The van der Waals surface area contributed by atoms with E-state index in [1.165, 1.54) is 12.4 Å². The van der Waals surface area contributed by atoms with Crippen molar-refractivity contribution in [3.8, 4) is 5.75 Å². The van der Waals surface area contributed by atoms with E-state index in [-0.39, 0.29) is 12.4 Å². The highest BCUT2D eigenvalue weighted by molar-refractivity contribution is 5.85. The van der Waals surface area contributed by atoms with Crippen molar-refractivity contribution in [2.45, 2.75) is 13.5 Å². The average molecular weight is 195 g/mol. The number of aromatic nitrogens is 1. The summed E-state index contributed by atoms with van der Waals surface area (Å²) in [6, 6.07) is 0. The molecule has 1 aromatic heterocycles. The number of aromatic hydroxyl groups is 1. The molecule has 0 saturated carbocycles. The molecule has 0 saturated heterocycles. The number of aliphatic hydroxyl groups excluding tert-OH is 1. The molecule has 3 N–H and O–H groups in total. The Bertz CT molecular complexity index is 350. The number of hydrazone groups is 1. The van der Waals surface area contributed by atoms with Crippen LogP contribution in [0.25, 0.3) is 0 Å². The van der Waals surface area contributed by atoms with Gasteiger partial charge in [0.15, 0.2) is 0 Å². The molecule has 5 heteroatoms. The Morgan fingerprint density at radius 1 is 1.64 bits per heavy atom. The maximum absolute atomic E-state index is 9.64. The fraction of sp³-hybridized carbons (Fsp3) is 0.333. The minimum absolute atomic E-state index is 0.0514. The summed E-state index contributed by atoms with van der Waals surface area (Å²) in [6.45, 7) is 1.51. The maximum atomic E-state index is 9.64. The molecule has 0 unspecified atom stereocenters. The number of pyridine rings is 1. The second kappa shape index (κ2) is 4.57. The molecule has 0 bridgehead atoms. The lowest BCUT2D eigenvalue weighted by atomic mass is 10.1. The van der Waals surface area contributed by atoms with E-state index in [9.17, 15) is 5.11 Å². The SMILES string of the molecule is CN/N=C/c1c(CO)cnc(C)c1O. The van der Waals surface area contributed by atoms with Gasteiger partial charge in [-0.05, 0) is 6.92 Å². The number of hydrogen-bond donors (Lipinski definition) is 3. The lowest BCUT2D eigenvalue weighted by molar-refractivity contribution is 0.280. The van der Waals surface area contributed by atoms with Gasteiger partial charge in [0.2, 0.25) is 0 Å². The monoisotopic (exact) mass is 195 g/mol. The Morgan fingerprint density at radius 2 is 2.36 bits per heavy atom. The molecular weight excluding hydrogens is 182 g/mol. The van der Waals surface area contributed by atoms with E-state index < -0.39 is 0 Å². The van der Waals surface area contributed by atoms with Gasteiger partial charge in [-0.1, -0.05) is 0 Å². The van der Waals surface area contributed by atoms with E-state index in [2.05, 4.69) is 15.5 Å². The van der Waals surface area contributed by atoms with Crippen LogP contribution >= 0.6 is 0 Å². The van der Waals surface area contributed by atoms with Crippen LogP contribution in [0.5, 0.6) is 5.75 Å². The first-order chi connectivity index (χ1) is 6.70. The Hall–Kier alpha value is -1.62. The lowest BCUT2D eigenvalue weighted by Crippen LogP contribution is -2.01. The zero-order chi connectivity index (χ0) is 10.6. The highest BCUT2D eigenvalue weighted by Gasteiger charge is 2.08. The van der Waals surface area contributed by atoms with Crippen LogP contribution in [0.4, 0.5) is 0 Å². The number of rotatable bonds is 3. The van der Waals surface area contributed by atoms with Crippen molar-refractivity contribution < 1.29 is 10.2 Å². The Labute approximate surface area is 82.1 Å². The van der Waals surface area contributed by atoms with Crippen LogP contribution < -0.4 is 5.43 Å². The average Bonchev–Trinajstić information content (AvgIpc) is 2.20. The molecule has 1 rings (SSSR count). The predicted molar refractivity (Wildman–Crippen MR) is 53.2 cm³/mol. The van der Waals surface area contributed by atoms with Crippen LogP contribution in [0.15, 0.2) is 11.3 Å². The van der Waals surface area contributed by atoms with Crippen molar-refractivity contribution in [2.24, 2.45) is 5.10 Å². The second-order valence-corrected chi connectivity index (χ2v) is 2.77. The normalized spacial score (nSPS) is 10.8. The van der Waals surface area contributed by atoms with Gasteiger partial charge in [0, 0.05) is 24.4 Å². The smallest absolute Gasteiger partial charge is 0.145 e.